The SMILES string of the molecule is CC(C)CCCCCc1cn(CC(C)C)nn1.CC(C)CCCCc1cn(CCC(C)C)nn1.CC(C)CCCCc1cnnn1CC(C)C.CC(C)CCCCn1nncc1CC(C)C.CC(C)CCCCn1nncc1CC(C)C.CC(C)CCCc1cn(CCCC(C)C)nn1.CC(C)CCCc1cnnn1CCC(C)C.CC(C)CCCn1nncc1CCC(C)C.CC(C)CCCn1nncc1CCC(C)C. The van der Waals surface area contributed by atoms with Crippen molar-refractivity contribution >= 4 is 0 Å². The van der Waals surface area contributed by atoms with Crippen LogP contribution in [0.1, 0.15) is 493 Å². The molecule has 0 saturated carbocycles. The van der Waals surface area contributed by atoms with E-state index in [0.29, 0.717) is 23.7 Å². The monoisotopic (exact) mass is 2050 g/mol. The second-order valence-corrected chi connectivity index (χ2v) is 50.0. The van der Waals surface area contributed by atoms with Crippen LogP contribution in [0.4, 0.5) is 0 Å². The van der Waals surface area contributed by atoms with Crippen molar-refractivity contribution in [3.63, 3.8) is 0 Å². The third kappa shape index (κ3) is 78.1. The molecule has 9 aromatic heterocycles. The summed E-state index contributed by atoms with van der Waals surface area (Å²) in [7, 11) is 0. The minimum Gasteiger partial charge on any atom is -0.252 e. The van der Waals surface area contributed by atoms with Crippen LogP contribution in [-0.2, 0) is 117 Å². The van der Waals surface area contributed by atoms with E-state index in [-0.39, 0.29) is 0 Å². The summed E-state index contributed by atoms with van der Waals surface area (Å²) >= 11 is 0. The normalized spacial score (nSPS) is 11.6. The first-order valence-electron chi connectivity index (χ1n) is 59.7. The van der Waals surface area contributed by atoms with E-state index in [0.717, 1.165) is 217 Å². The lowest BCUT2D eigenvalue weighted by Gasteiger charge is -2.08. The molecule has 0 unspecified atom stereocenters. The predicted octanol–water partition coefficient (Wildman–Crippen LogP) is 30.9. The first-order valence-corrected chi connectivity index (χ1v) is 59.7. The molecule has 0 N–H and O–H groups in total. The first-order chi connectivity index (χ1) is 69.8. The van der Waals surface area contributed by atoms with E-state index in [1.807, 2.05) is 51.2 Å². The Kier molecular flexibility index (Phi) is 79.2. The van der Waals surface area contributed by atoms with Gasteiger partial charge in [-0.2, -0.15) is 0 Å². The van der Waals surface area contributed by atoms with Gasteiger partial charge in [0.1, 0.15) is 0 Å². The van der Waals surface area contributed by atoms with Crippen LogP contribution in [0.5, 0.6) is 0 Å². The Bertz CT molecular complexity index is 4060. The predicted molar refractivity (Wildman–Crippen MR) is 619 cm³/mol. The molecular weight excluding hydrogens is 1820 g/mol. The lowest BCUT2D eigenvalue weighted by molar-refractivity contribution is 0.452. The van der Waals surface area contributed by atoms with Gasteiger partial charge in [-0.05, 0) is 273 Å². The van der Waals surface area contributed by atoms with Crippen LogP contribution in [0.3, 0.4) is 0 Å². The van der Waals surface area contributed by atoms with E-state index in [1.54, 1.807) is 0 Å². The third-order valence-electron chi connectivity index (χ3n) is 25.4. The van der Waals surface area contributed by atoms with Gasteiger partial charge in [-0.15, -0.1) is 45.9 Å². The lowest BCUT2D eigenvalue weighted by atomic mass is 10.0. The van der Waals surface area contributed by atoms with Gasteiger partial charge < -0.3 is 0 Å². The van der Waals surface area contributed by atoms with Gasteiger partial charge in [0.05, 0.1) is 88.4 Å². The van der Waals surface area contributed by atoms with Gasteiger partial charge in [-0.1, -0.05) is 380 Å². The molecule has 0 aliphatic heterocycles. The van der Waals surface area contributed by atoms with Crippen LogP contribution in [0.25, 0.3) is 0 Å². The standard InChI is InChI=1S/3C14H27N3.6C13H25N3/c1-12(2)7-5-9-14-11-17(16-15-14)10-6-8-13(3)4;1-12(2)7-5-6-8-14-11-17(16-15-14)10-9-13(3)4;1-12(2)8-6-5-7-9-14-11-17(16-15-14)10-13(3)4;2*1-11(2)6-5-9-16-13(10-14-15-16)8-7-12(3)4;1-11(2)6-5-7-13-10-14-15-16(13)9-8-12(3)4;1-11(2)7-5-6-8-13-9-14-15-16(13)10-12(3)4;2*1-11(2)7-5-6-8-16-13(9-12(3)4)10-14-15-16/h3*11-13H,5-10H2,1-4H3;3*10-12H,5-9H2,1-4H3;9,11-12H,5-8,10H2,1-4H3;2*10-12H,5-9H2,1-4H3. The fourth-order valence-electron chi connectivity index (χ4n) is 16.5. The molecule has 0 aromatic carbocycles. The number of aryl methyl sites for hydroxylation is 14. The number of nitrogens with zero attached hydrogens (tertiary/aromatic N) is 27. The third-order valence-corrected chi connectivity index (χ3v) is 25.4. The Balaban J connectivity index is 0.000000827. The van der Waals surface area contributed by atoms with Crippen LogP contribution in [0.2, 0.25) is 0 Å². The summed E-state index contributed by atoms with van der Waals surface area (Å²) in [5, 5.41) is 74.1. The van der Waals surface area contributed by atoms with E-state index in [9.17, 15) is 0 Å². The van der Waals surface area contributed by atoms with Crippen molar-refractivity contribution < 1.29 is 0 Å². The van der Waals surface area contributed by atoms with Crippen LogP contribution >= 0.6 is 0 Å². The van der Waals surface area contributed by atoms with E-state index in [4.69, 9.17) is 0 Å². The molecule has 9 aromatic rings. The number of unbranched alkanes of at least 4 members (excludes halogenated alkanes) is 6. The quantitative estimate of drug-likeness (QED) is 0.0320. The van der Waals surface area contributed by atoms with Crippen molar-refractivity contribution in [1.29, 1.82) is 0 Å². The number of hydrogen-bond donors (Lipinski definition) is 0. The van der Waals surface area contributed by atoms with Crippen molar-refractivity contribution in [2.45, 2.75) is 559 Å². The maximum Gasteiger partial charge on any atom is 0.0827 e. The summed E-state index contributed by atoms with van der Waals surface area (Å²) in [6.45, 7) is 90.3. The van der Waals surface area contributed by atoms with E-state index >= 15 is 0 Å². The summed E-state index contributed by atoms with van der Waals surface area (Å²) < 4.78 is 18.4. The summed E-state index contributed by atoms with van der Waals surface area (Å²) in [6, 6.07) is 0. The van der Waals surface area contributed by atoms with Crippen LogP contribution in [0.15, 0.2) is 55.8 Å². The van der Waals surface area contributed by atoms with Crippen molar-refractivity contribution in [2.24, 2.45) is 107 Å². The number of rotatable bonds is 66. The van der Waals surface area contributed by atoms with Crippen LogP contribution < -0.4 is 0 Å². The first kappa shape index (κ1) is 137. The second-order valence-electron chi connectivity index (χ2n) is 50.0. The smallest absolute Gasteiger partial charge is 0.0827 e. The van der Waals surface area contributed by atoms with Gasteiger partial charge >= 0.3 is 0 Å². The molecule has 0 radical (unpaired) electrons. The van der Waals surface area contributed by atoms with Crippen LogP contribution in [0, 0.1) is 107 Å². The van der Waals surface area contributed by atoms with E-state index in [1.165, 1.54) is 227 Å². The molecule has 9 rings (SSSR count). The van der Waals surface area contributed by atoms with Crippen molar-refractivity contribution in [2.75, 3.05) is 0 Å². The number of hydrogen-bond acceptors (Lipinski definition) is 18. The maximum atomic E-state index is 4.22. The fourth-order valence-corrected chi connectivity index (χ4v) is 16.5. The topological polar surface area (TPSA) is 276 Å². The minimum atomic E-state index is 0.635. The summed E-state index contributed by atoms with van der Waals surface area (Å²) in [6.07, 6.45) is 65.5. The lowest BCUT2D eigenvalue weighted by Crippen LogP contribution is -2.10. The molecule has 0 bridgehead atoms. The average Bonchev–Trinajstić information content (AvgIpc) is 1.79. The highest BCUT2D eigenvalue weighted by atomic mass is 15.5. The molecule has 0 saturated heterocycles. The largest absolute Gasteiger partial charge is 0.252 e. The number of aromatic nitrogens is 27. The van der Waals surface area contributed by atoms with Crippen molar-refractivity contribution in [1.82, 2.24) is 135 Å². The average molecular weight is 2050 g/mol. The highest BCUT2D eigenvalue weighted by molar-refractivity contribution is 5.00. The highest BCUT2D eigenvalue weighted by Crippen LogP contribution is 2.21. The Hall–Kier alpha value is -7.74. The zero-order chi connectivity index (χ0) is 110. The molecule has 0 spiro atoms. The Labute approximate surface area is 901 Å². The van der Waals surface area contributed by atoms with Gasteiger partial charge in [0.2, 0.25) is 0 Å². The Morgan fingerprint density at radius 3 is 0.762 bits per heavy atom. The molecule has 0 amide bonds. The molecule has 27 heteroatoms. The molecule has 0 aliphatic rings. The highest BCUT2D eigenvalue weighted by Gasteiger charge is 2.16. The summed E-state index contributed by atoms with van der Waals surface area (Å²) in [5.41, 5.74) is 11.2. The van der Waals surface area contributed by atoms with Gasteiger partial charge in [0.15, 0.2) is 0 Å². The zero-order valence-corrected chi connectivity index (χ0v) is 102. The minimum absolute atomic E-state index is 0.635. The van der Waals surface area contributed by atoms with Gasteiger partial charge in [-0.25, -0.2) is 28.1 Å². The molecule has 9 heterocycles. The molecule has 27 nitrogen and oxygen atoms in total. The van der Waals surface area contributed by atoms with Gasteiger partial charge in [-0.3, -0.25) is 14.0 Å². The maximum absolute atomic E-state index is 4.22. The summed E-state index contributed by atoms with van der Waals surface area (Å²) in [4.78, 5) is 0. The van der Waals surface area contributed by atoms with Gasteiger partial charge in [0.25, 0.3) is 0 Å². The fraction of sp³-hybridized carbons (Fsp3) is 0.850. The molecule has 0 fully saturated rings. The summed E-state index contributed by atoms with van der Waals surface area (Å²) in [5.74, 6) is 13.6. The van der Waals surface area contributed by atoms with Crippen molar-refractivity contribution in [3.05, 3.63) is 107 Å². The molecule has 0 aliphatic carbocycles. The zero-order valence-electron chi connectivity index (χ0n) is 102. The molecule has 846 valence electrons. The Morgan fingerprint density at radius 1 is 0.163 bits per heavy atom. The second kappa shape index (κ2) is 84.8. The Morgan fingerprint density at radius 2 is 0.401 bits per heavy atom. The molecule has 147 heavy (non-hydrogen) atoms. The van der Waals surface area contributed by atoms with E-state index < -0.39 is 0 Å². The van der Waals surface area contributed by atoms with Gasteiger partial charge in [0, 0.05) is 77.5 Å². The molecular formula is C120H231N27. The van der Waals surface area contributed by atoms with Crippen LogP contribution in [-0.4, -0.2) is 135 Å². The van der Waals surface area contributed by atoms with Crippen molar-refractivity contribution in [3.8, 4) is 0 Å². The van der Waals surface area contributed by atoms with E-state index in [2.05, 4.69) is 389 Å². The molecule has 0 atom stereocenters.